The van der Waals surface area contributed by atoms with E-state index >= 15 is 0 Å². The summed E-state index contributed by atoms with van der Waals surface area (Å²) in [6.45, 7) is 0. The van der Waals surface area contributed by atoms with E-state index in [1.54, 1.807) is 0 Å². The van der Waals surface area contributed by atoms with Gasteiger partial charge in [0.25, 0.3) is 0 Å². The minimum atomic E-state index is -0.0999. The van der Waals surface area contributed by atoms with Crippen LogP contribution in [0.1, 0.15) is 17.3 Å². The van der Waals surface area contributed by atoms with Crippen molar-refractivity contribution in [2.24, 2.45) is 0 Å². The standard InChI is InChI=1S/C50H35N3O/c1-4-13-32(14-5-1)35-24-27-44-41(29-35)42-30-36(33-15-6-2-7-16-33)25-28-45(42)53(44)46-22-12-20-39-38-26-23-37(31-47(38)54-49(39)46)50-51-43-21-11-10-19-40(43)48(52-50)34-17-8-3-9-18-34/h1-31,43,50-52H. The minimum absolute atomic E-state index is 0.0999. The van der Waals surface area contributed by atoms with Gasteiger partial charge in [-0.1, -0.05) is 152 Å². The number of nitrogens with zero attached hydrogens (tertiary/aromatic N) is 1. The fraction of sp³-hybridized carbons (Fsp3) is 0.0400. The highest BCUT2D eigenvalue weighted by atomic mass is 16.3. The van der Waals surface area contributed by atoms with Gasteiger partial charge in [-0.15, -0.1) is 0 Å². The van der Waals surface area contributed by atoms with Gasteiger partial charge in [-0.3, -0.25) is 5.32 Å². The quantitative estimate of drug-likeness (QED) is 0.189. The molecular formula is C50H35N3O. The number of aromatic nitrogens is 1. The molecule has 3 heterocycles. The van der Waals surface area contributed by atoms with Gasteiger partial charge < -0.3 is 14.3 Å². The van der Waals surface area contributed by atoms with Gasteiger partial charge in [-0.05, 0) is 75.4 Å². The predicted molar refractivity (Wildman–Crippen MR) is 223 cm³/mol. The molecule has 54 heavy (non-hydrogen) atoms. The molecule has 1 aliphatic carbocycles. The number of benzene rings is 7. The van der Waals surface area contributed by atoms with E-state index in [1.165, 1.54) is 44.2 Å². The molecule has 2 aliphatic rings. The number of para-hydroxylation sites is 1. The third-order valence-corrected chi connectivity index (χ3v) is 11.1. The first kappa shape index (κ1) is 30.7. The zero-order valence-corrected chi connectivity index (χ0v) is 29.4. The van der Waals surface area contributed by atoms with E-state index in [0.29, 0.717) is 0 Å². The number of allylic oxidation sites excluding steroid dienone is 2. The molecule has 0 radical (unpaired) electrons. The number of rotatable bonds is 5. The van der Waals surface area contributed by atoms with Gasteiger partial charge in [-0.2, -0.15) is 0 Å². The molecule has 0 spiro atoms. The number of fused-ring (bicyclic) bond motifs is 7. The van der Waals surface area contributed by atoms with Crippen LogP contribution in [-0.2, 0) is 0 Å². The molecule has 0 bridgehead atoms. The fourth-order valence-corrected chi connectivity index (χ4v) is 8.47. The van der Waals surface area contributed by atoms with Crippen molar-refractivity contribution < 1.29 is 4.42 Å². The Hall–Kier alpha value is -6.88. The highest BCUT2D eigenvalue weighted by molar-refractivity contribution is 6.14. The molecule has 11 rings (SSSR count). The summed E-state index contributed by atoms with van der Waals surface area (Å²) in [4.78, 5) is 0. The van der Waals surface area contributed by atoms with E-state index in [9.17, 15) is 0 Å². The monoisotopic (exact) mass is 693 g/mol. The summed E-state index contributed by atoms with van der Waals surface area (Å²) < 4.78 is 9.31. The zero-order chi connectivity index (χ0) is 35.6. The maximum absolute atomic E-state index is 6.93. The summed E-state index contributed by atoms with van der Waals surface area (Å²) in [7, 11) is 0. The van der Waals surface area contributed by atoms with E-state index in [1.807, 2.05) is 0 Å². The SMILES string of the molecule is C1=CC2=C(c3ccccc3)NC(c3ccc4c(c3)oc3c(-n5c6ccc(-c7ccccc7)cc6c6cc(-c7ccccc7)ccc65)cccc34)NC2C=C1. The van der Waals surface area contributed by atoms with E-state index in [4.69, 9.17) is 4.42 Å². The smallest absolute Gasteiger partial charge is 0.159 e. The van der Waals surface area contributed by atoms with Gasteiger partial charge in [0.15, 0.2) is 5.58 Å². The van der Waals surface area contributed by atoms with E-state index in [2.05, 4.69) is 203 Å². The normalized spacial score (nSPS) is 16.7. The van der Waals surface area contributed by atoms with Crippen molar-refractivity contribution in [2.45, 2.75) is 12.2 Å². The van der Waals surface area contributed by atoms with Crippen LogP contribution < -0.4 is 10.6 Å². The number of hydrogen-bond acceptors (Lipinski definition) is 3. The third kappa shape index (κ3) is 4.96. The lowest BCUT2D eigenvalue weighted by atomic mass is 9.92. The number of furan rings is 1. The second-order valence-corrected chi connectivity index (χ2v) is 14.2. The topological polar surface area (TPSA) is 42.1 Å². The van der Waals surface area contributed by atoms with E-state index in [0.717, 1.165) is 49.9 Å². The molecule has 256 valence electrons. The molecule has 9 aromatic rings. The van der Waals surface area contributed by atoms with Crippen molar-refractivity contribution >= 4 is 49.4 Å². The highest BCUT2D eigenvalue weighted by Crippen LogP contribution is 2.41. The summed E-state index contributed by atoms with van der Waals surface area (Å²) in [5.74, 6) is 0. The summed E-state index contributed by atoms with van der Waals surface area (Å²) in [5, 5.41) is 12.3. The summed E-state index contributed by atoms with van der Waals surface area (Å²) in [6, 6.07) is 58.8. The van der Waals surface area contributed by atoms with Crippen molar-refractivity contribution in [3.8, 4) is 27.9 Å². The molecule has 1 aliphatic heterocycles. The highest BCUT2D eigenvalue weighted by Gasteiger charge is 2.28. The second kappa shape index (κ2) is 12.4. The summed E-state index contributed by atoms with van der Waals surface area (Å²) in [6.07, 6.45) is 8.56. The van der Waals surface area contributed by atoms with Crippen molar-refractivity contribution in [2.75, 3.05) is 0 Å². The molecule has 2 N–H and O–H groups in total. The molecule has 0 fully saturated rings. The van der Waals surface area contributed by atoms with Crippen LogP contribution in [0.25, 0.3) is 77.4 Å². The van der Waals surface area contributed by atoms with Gasteiger partial charge in [0.05, 0.1) is 22.8 Å². The fourth-order valence-electron chi connectivity index (χ4n) is 8.47. The first-order valence-corrected chi connectivity index (χ1v) is 18.6. The average molecular weight is 694 g/mol. The Bertz CT molecular complexity index is 2890. The Morgan fingerprint density at radius 2 is 1.15 bits per heavy atom. The van der Waals surface area contributed by atoms with Crippen molar-refractivity contribution in [3.05, 3.63) is 205 Å². The lowest BCUT2D eigenvalue weighted by Crippen LogP contribution is -2.45. The molecule has 0 saturated carbocycles. The third-order valence-electron chi connectivity index (χ3n) is 11.1. The number of hydrogen-bond donors (Lipinski definition) is 2. The molecule has 2 atom stereocenters. The zero-order valence-electron chi connectivity index (χ0n) is 29.4. The van der Waals surface area contributed by atoms with Gasteiger partial charge in [0, 0.05) is 27.2 Å². The summed E-state index contributed by atoms with van der Waals surface area (Å²) in [5.41, 5.74) is 14.5. The maximum Gasteiger partial charge on any atom is 0.159 e. The van der Waals surface area contributed by atoms with Gasteiger partial charge in [-0.25, -0.2) is 0 Å². The Morgan fingerprint density at radius 1 is 0.500 bits per heavy atom. The lowest BCUT2D eigenvalue weighted by Gasteiger charge is -2.36. The molecule has 7 aromatic carbocycles. The van der Waals surface area contributed by atoms with Crippen LogP contribution in [0.4, 0.5) is 0 Å². The molecule has 4 nitrogen and oxygen atoms in total. The second-order valence-electron chi connectivity index (χ2n) is 14.2. The molecule has 2 aromatic heterocycles. The van der Waals surface area contributed by atoms with Crippen molar-refractivity contribution in [1.29, 1.82) is 0 Å². The van der Waals surface area contributed by atoms with Crippen LogP contribution in [0.15, 0.2) is 198 Å². The first-order valence-electron chi connectivity index (χ1n) is 18.6. The maximum atomic E-state index is 6.93. The molecule has 0 saturated heterocycles. The van der Waals surface area contributed by atoms with Crippen LogP contribution in [-0.4, -0.2) is 10.6 Å². The van der Waals surface area contributed by atoms with Crippen molar-refractivity contribution in [1.82, 2.24) is 15.2 Å². The Labute approximate surface area is 313 Å². The summed E-state index contributed by atoms with van der Waals surface area (Å²) >= 11 is 0. The molecule has 4 heteroatoms. The van der Waals surface area contributed by atoms with Crippen LogP contribution >= 0.6 is 0 Å². The van der Waals surface area contributed by atoms with Gasteiger partial charge in [0.2, 0.25) is 0 Å². The lowest BCUT2D eigenvalue weighted by molar-refractivity contribution is 0.460. The van der Waals surface area contributed by atoms with Crippen molar-refractivity contribution in [3.63, 3.8) is 0 Å². The predicted octanol–water partition coefficient (Wildman–Crippen LogP) is 12.1. The van der Waals surface area contributed by atoms with Crippen LogP contribution in [0, 0.1) is 0 Å². The first-order chi connectivity index (χ1) is 26.8. The molecular weight excluding hydrogens is 659 g/mol. The minimum Gasteiger partial charge on any atom is -0.454 e. The van der Waals surface area contributed by atoms with E-state index in [-0.39, 0.29) is 12.2 Å². The Balaban J connectivity index is 1.07. The van der Waals surface area contributed by atoms with E-state index < -0.39 is 0 Å². The average Bonchev–Trinajstić information content (AvgIpc) is 3.79. The molecule has 0 amide bonds. The van der Waals surface area contributed by atoms with Crippen LogP contribution in [0.2, 0.25) is 0 Å². The van der Waals surface area contributed by atoms with Gasteiger partial charge in [0.1, 0.15) is 11.7 Å². The largest absolute Gasteiger partial charge is 0.454 e. The van der Waals surface area contributed by atoms with Gasteiger partial charge >= 0.3 is 0 Å². The Kier molecular flexibility index (Phi) is 7.04. The van der Waals surface area contributed by atoms with Crippen LogP contribution in [0.3, 0.4) is 0 Å². The Morgan fingerprint density at radius 3 is 1.81 bits per heavy atom. The molecule has 2 unspecified atom stereocenters. The van der Waals surface area contributed by atoms with Crippen LogP contribution in [0.5, 0.6) is 0 Å². The number of nitrogens with one attached hydrogen (secondary N) is 2.